The SMILES string of the molecule is CCCC1CCC(N)C(Cc2ccccc2Br)C1. The Morgan fingerprint density at radius 1 is 1.28 bits per heavy atom. The van der Waals surface area contributed by atoms with E-state index < -0.39 is 0 Å². The van der Waals surface area contributed by atoms with Crippen molar-refractivity contribution < 1.29 is 0 Å². The molecule has 3 atom stereocenters. The average molecular weight is 310 g/mol. The van der Waals surface area contributed by atoms with Crippen molar-refractivity contribution in [3.05, 3.63) is 34.3 Å². The highest BCUT2D eigenvalue weighted by Crippen LogP contribution is 2.34. The summed E-state index contributed by atoms with van der Waals surface area (Å²) >= 11 is 3.65. The van der Waals surface area contributed by atoms with E-state index >= 15 is 0 Å². The summed E-state index contributed by atoms with van der Waals surface area (Å²) in [6.07, 6.45) is 7.67. The van der Waals surface area contributed by atoms with Gasteiger partial charge in [-0.25, -0.2) is 0 Å². The first kappa shape index (κ1) is 14.1. The van der Waals surface area contributed by atoms with Crippen molar-refractivity contribution in [2.24, 2.45) is 17.6 Å². The van der Waals surface area contributed by atoms with Crippen LogP contribution in [0.5, 0.6) is 0 Å². The quantitative estimate of drug-likeness (QED) is 0.868. The van der Waals surface area contributed by atoms with E-state index in [1.54, 1.807) is 0 Å². The Kier molecular flexibility index (Phi) is 5.25. The van der Waals surface area contributed by atoms with Gasteiger partial charge in [-0.3, -0.25) is 0 Å². The topological polar surface area (TPSA) is 26.0 Å². The van der Waals surface area contributed by atoms with Crippen LogP contribution in [0.25, 0.3) is 0 Å². The van der Waals surface area contributed by atoms with E-state index in [0.29, 0.717) is 12.0 Å². The third-order valence-electron chi connectivity index (χ3n) is 4.29. The first-order valence-electron chi connectivity index (χ1n) is 7.19. The first-order chi connectivity index (χ1) is 8.70. The summed E-state index contributed by atoms with van der Waals surface area (Å²) in [6, 6.07) is 8.95. The van der Waals surface area contributed by atoms with Crippen LogP contribution in [0.2, 0.25) is 0 Å². The molecule has 3 unspecified atom stereocenters. The summed E-state index contributed by atoms with van der Waals surface area (Å²) in [5.74, 6) is 1.57. The normalized spacial score (nSPS) is 28.3. The number of rotatable bonds is 4. The molecule has 2 N–H and O–H groups in total. The van der Waals surface area contributed by atoms with Gasteiger partial charge in [0.05, 0.1) is 0 Å². The van der Waals surface area contributed by atoms with Crippen LogP contribution in [0, 0.1) is 11.8 Å². The van der Waals surface area contributed by atoms with Gasteiger partial charge in [-0.2, -0.15) is 0 Å². The fourth-order valence-electron chi connectivity index (χ4n) is 3.24. The van der Waals surface area contributed by atoms with Crippen molar-refractivity contribution in [2.75, 3.05) is 0 Å². The summed E-state index contributed by atoms with van der Waals surface area (Å²) < 4.78 is 1.23. The van der Waals surface area contributed by atoms with Crippen LogP contribution < -0.4 is 5.73 Å². The van der Waals surface area contributed by atoms with E-state index in [0.717, 1.165) is 12.3 Å². The van der Waals surface area contributed by atoms with Crippen LogP contribution in [0.1, 0.15) is 44.6 Å². The first-order valence-corrected chi connectivity index (χ1v) is 7.99. The molecule has 0 heterocycles. The second-order valence-electron chi connectivity index (χ2n) is 5.69. The lowest BCUT2D eigenvalue weighted by Crippen LogP contribution is -2.37. The zero-order chi connectivity index (χ0) is 13.0. The van der Waals surface area contributed by atoms with E-state index in [2.05, 4.69) is 47.1 Å². The lowest BCUT2D eigenvalue weighted by molar-refractivity contribution is 0.221. The second-order valence-corrected chi connectivity index (χ2v) is 6.54. The van der Waals surface area contributed by atoms with Crippen LogP contribution in [-0.4, -0.2) is 6.04 Å². The zero-order valence-electron chi connectivity index (χ0n) is 11.2. The van der Waals surface area contributed by atoms with Crippen molar-refractivity contribution >= 4 is 15.9 Å². The third-order valence-corrected chi connectivity index (χ3v) is 5.06. The summed E-state index contributed by atoms with van der Waals surface area (Å²) in [5, 5.41) is 0. The van der Waals surface area contributed by atoms with Crippen molar-refractivity contribution in [2.45, 2.75) is 51.5 Å². The standard InChI is InChI=1S/C16H24BrN/c1-2-5-12-8-9-16(18)14(10-12)11-13-6-3-4-7-15(13)17/h3-4,6-7,12,14,16H,2,5,8-11,18H2,1H3. The Morgan fingerprint density at radius 3 is 2.78 bits per heavy atom. The van der Waals surface area contributed by atoms with Gasteiger partial charge in [0.2, 0.25) is 0 Å². The van der Waals surface area contributed by atoms with Crippen molar-refractivity contribution in [1.29, 1.82) is 0 Å². The molecule has 0 amide bonds. The molecule has 0 aliphatic heterocycles. The minimum absolute atomic E-state index is 0.394. The summed E-state index contributed by atoms with van der Waals surface area (Å²) in [4.78, 5) is 0. The van der Waals surface area contributed by atoms with Gasteiger partial charge in [-0.1, -0.05) is 53.9 Å². The van der Waals surface area contributed by atoms with Gasteiger partial charge in [0, 0.05) is 10.5 Å². The van der Waals surface area contributed by atoms with Gasteiger partial charge in [0.1, 0.15) is 0 Å². The number of halogens is 1. The molecule has 1 saturated carbocycles. The highest BCUT2D eigenvalue weighted by atomic mass is 79.9. The monoisotopic (exact) mass is 309 g/mol. The highest BCUT2D eigenvalue weighted by molar-refractivity contribution is 9.10. The smallest absolute Gasteiger partial charge is 0.0207 e. The van der Waals surface area contributed by atoms with E-state index in [4.69, 9.17) is 5.73 Å². The van der Waals surface area contributed by atoms with Crippen LogP contribution in [0.3, 0.4) is 0 Å². The maximum Gasteiger partial charge on any atom is 0.0207 e. The molecule has 0 saturated heterocycles. The van der Waals surface area contributed by atoms with E-state index in [1.165, 1.54) is 42.1 Å². The molecule has 1 aliphatic rings. The van der Waals surface area contributed by atoms with Gasteiger partial charge in [-0.05, 0) is 49.1 Å². The molecule has 1 fully saturated rings. The Morgan fingerprint density at radius 2 is 2.06 bits per heavy atom. The lowest BCUT2D eigenvalue weighted by atomic mass is 9.74. The molecule has 0 bridgehead atoms. The van der Waals surface area contributed by atoms with Crippen LogP contribution in [0.15, 0.2) is 28.7 Å². The third kappa shape index (κ3) is 3.58. The fourth-order valence-corrected chi connectivity index (χ4v) is 3.68. The zero-order valence-corrected chi connectivity index (χ0v) is 12.8. The molecule has 0 spiro atoms. The molecule has 0 radical (unpaired) electrons. The largest absolute Gasteiger partial charge is 0.327 e. The fraction of sp³-hybridized carbons (Fsp3) is 0.625. The Labute approximate surface area is 119 Å². The predicted molar refractivity (Wildman–Crippen MR) is 81.6 cm³/mol. The van der Waals surface area contributed by atoms with Crippen LogP contribution in [-0.2, 0) is 6.42 Å². The molecular formula is C16H24BrN. The molecule has 1 aromatic carbocycles. The molecule has 1 nitrogen and oxygen atoms in total. The van der Waals surface area contributed by atoms with Crippen molar-refractivity contribution in [3.8, 4) is 0 Å². The van der Waals surface area contributed by atoms with Gasteiger partial charge in [0.15, 0.2) is 0 Å². The Hall–Kier alpha value is -0.340. The Bertz CT molecular complexity index is 377. The number of nitrogens with two attached hydrogens (primary N) is 1. The number of hydrogen-bond donors (Lipinski definition) is 1. The lowest BCUT2D eigenvalue weighted by Gasteiger charge is -2.34. The van der Waals surface area contributed by atoms with Gasteiger partial charge < -0.3 is 5.73 Å². The second kappa shape index (κ2) is 6.72. The Balaban J connectivity index is 2.00. The molecule has 2 heteroatoms. The molecule has 0 aromatic heterocycles. The van der Waals surface area contributed by atoms with E-state index in [9.17, 15) is 0 Å². The minimum Gasteiger partial charge on any atom is -0.327 e. The number of hydrogen-bond acceptors (Lipinski definition) is 1. The van der Waals surface area contributed by atoms with Crippen LogP contribution in [0.4, 0.5) is 0 Å². The molecule has 18 heavy (non-hydrogen) atoms. The van der Waals surface area contributed by atoms with Gasteiger partial charge >= 0.3 is 0 Å². The molecule has 1 aromatic rings. The van der Waals surface area contributed by atoms with E-state index in [1.807, 2.05) is 0 Å². The van der Waals surface area contributed by atoms with Gasteiger partial charge in [0.25, 0.3) is 0 Å². The van der Waals surface area contributed by atoms with E-state index in [-0.39, 0.29) is 0 Å². The number of benzene rings is 1. The predicted octanol–water partition coefficient (Wildman–Crippen LogP) is 4.54. The minimum atomic E-state index is 0.394. The van der Waals surface area contributed by atoms with Crippen LogP contribution >= 0.6 is 15.9 Å². The van der Waals surface area contributed by atoms with Crippen molar-refractivity contribution in [3.63, 3.8) is 0 Å². The molecule has 100 valence electrons. The summed E-state index contributed by atoms with van der Waals surface area (Å²) in [5.41, 5.74) is 7.73. The van der Waals surface area contributed by atoms with Crippen molar-refractivity contribution in [1.82, 2.24) is 0 Å². The average Bonchev–Trinajstić information content (AvgIpc) is 2.36. The maximum atomic E-state index is 6.32. The summed E-state index contributed by atoms with van der Waals surface area (Å²) in [6.45, 7) is 2.29. The molecule has 1 aliphatic carbocycles. The molecule has 2 rings (SSSR count). The molecular weight excluding hydrogens is 286 g/mol. The highest BCUT2D eigenvalue weighted by Gasteiger charge is 2.28. The summed E-state index contributed by atoms with van der Waals surface area (Å²) in [7, 11) is 0. The van der Waals surface area contributed by atoms with Gasteiger partial charge in [-0.15, -0.1) is 0 Å². The maximum absolute atomic E-state index is 6.32.